The van der Waals surface area contributed by atoms with E-state index in [1.165, 1.54) is 11.1 Å². The molecule has 4 heteroatoms. The van der Waals surface area contributed by atoms with Gasteiger partial charge in [-0.3, -0.25) is 0 Å². The van der Waals surface area contributed by atoms with Gasteiger partial charge in [-0.15, -0.1) is 0 Å². The first-order valence-electron chi connectivity index (χ1n) is 15.1. The number of ether oxygens (including phenoxy) is 2. The maximum Gasteiger partial charge on any atom is 0.344 e. The van der Waals surface area contributed by atoms with E-state index in [-0.39, 0.29) is 11.9 Å². The Morgan fingerprint density at radius 3 is 1.12 bits per heavy atom. The highest BCUT2D eigenvalue weighted by molar-refractivity contribution is 6.05. The van der Waals surface area contributed by atoms with Gasteiger partial charge in [-0.2, -0.15) is 0 Å². The monoisotopic (exact) mass is 578 g/mol. The van der Waals surface area contributed by atoms with Crippen LogP contribution in [0.2, 0.25) is 0 Å². The van der Waals surface area contributed by atoms with E-state index in [2.05, 4.69) is 41.5 Å². The summed E-state index contributed by atoms with van der Waals surface area (Å²) < 4.78 is 12.7. The normalized spacial score (nSPS) is 11.3. The van der Waals surface area contributed by atoms with Gasteiger partial charge in [0.25, 0.3) is 0 Å². The Hall–Kier alpha value is -3.92. The third-order valence-corrected chi connectivity index (χ3v) is 10.7. The van der Waals surface area contributed by atoms with E-state index in [1.54, 1.807) is 0 Å². The van der Waals surface area contributed by atoms with Crippen molar-refractivity contribution in [2.45, 2.75) is 104 Å². The van der Waals surface area contributed by atoms with Gasteiger partial charge in [-0.05, 0) is 193 Å². The molecule has 0 N–H and O–H groups in total. The van der Waals surface area contributed by atoms with Crippen LogP contribution in [0.4, 0.5) is 0 Å². The zero-order valence-corrected chi connectivity index (χ0v) is 28.7. The number of fused-ring (bicyclic) bond motifs is 1. The fraction of sp³-hybridized carbons (Fsp3) is 0.385. The molecule has 43 heavy (non-hydrogen) atoms. The average molecular weight is 579 g/mol. The Morgan fingerprint density at radius 1 is 0.395 bits per heavy atom. The molecular weight excluding hydrogens is 532 g/mol. The zero-order valence-electron chi connectivity index (χ0n) is 28.7. The topological polar surface area (TPSA) is 52.6 Å². The first-order chi connectivity index (χ1) is 19.9. The van der Waals surface area contributed by atoms with Gasteiger partial charge in [-0.1, -0.05) is 0 Å². The average Bonchev–Trinajstić information content (AvgIpc) is 2.96. The molecule has 0 aromatic heterocycles. The Kier molecular flexibility index (Phi) is 8.41. The van der Waals surface area contributed by atoms with Gasteiger partial charge in [0.15, 0.2) is 0 Å². The lowest BCUT2D eigenvalue weighted by Crippen LogP contribution is -2.17. The van der Waals surface area contributed by atoms with Crippen LogP contribution >= 0.6 is 0 Å². The van der Waals surface area contributed by atoms with Crippen LogP contribution in [0.25, 0.3) is 10.8 Å². The van der Waals surface area contributed by atoms with Crippen molar-refractivity contribution in [3.63, 3.8) is 0 Å². The lowest BCUT2D eigenvalue weighted by atomic mass is 9.89. The van der Waals surface area contributed by atoms with E-state index < -0.39 is 0 Å². The highest BCUT2D eigenvalue weighted by atomic mass is 16.5. The molecule has 4 aromatic rings. The second kappa shape index (κ2) is 11.3. The molecule has 4 rings (SSSR count). The second-order valence-corrected chi connectivity index (χ2v) is 12.6. The summed E-state index contributed by atoms with van der Waals surface area (Å²) in [5, 5.41) is 1.56. The second-order valence-electron chi connectivity index (χ2n) is 12.6. The van der Waals surface area contributed by atoms with E-state index in [4.69, 9.17) is 9.47 Å². The van der Waals surface area contributed by atoms with Crippen molar-refractivity contribution in [1.82, 2.24) is 0 Å². The fourth-order valence-corrected chi connectivity index (χ4v) is 6.44. The molecule has 0 spiro atoms. The molecule has 0 amide bonds. The first-order valence-corrected chi connectivity index (χ1v) is 15.1. The van der Waals surface area contributed by atoms with Crippen LogP contribution in [-0.2, 0) is 0 Å². The molecule has 0 aliphatic carbocycles. The van der Waals surface area contributed by atoms with Crippen LogP contribution in [0.5, 0.6) is 11.5 Å². The van der Waals surface area contributed by atoms with Gasteiger partial charge in [0.1, 0.15) is 11.5 Å². The molecule has 4 nitrogen and oxygen atoms in total. The molecule has 4 aromatic carbocycles. The fourth-order valence-electron chi connectivity index (χ4n) is 6.44. The van der Waals surface area contributed by atoms with Gasteiger partial charge < -0.3 is 9.47 Å². The molecule has 0 unspecified atom stereocenters. The minimum Gasteiger partial charge on any atom is -0.422 e. The van der Waals surface area contributed by atoms with Gasteiger partial charge in [-0.25, -0.2) is 9.59 Å². The summed E-state index contributed by atoms with van der Waals surface area (Å²) in [7, 11) is 0. The summed E-state index contributed by atoms with van der Waals surface area (Å²) in [6, 6.07) is 2.05. The molecule has 0 saturated carbocycles. The van der Waals surface area contributed by atoms with Gasteiger partial charge in [0.05, 0.1) is 11.1 Å². The molecule has 0 fully saturated rings. The van der Waals surface area contributed by atoms with Crippen LogP contribution in [0.15, 0.2) is 6.07 Å². The van der Waals surface area contributed by atoms with Crippen LogP contribution in [0.1, 0.15) is 104 Å². The number of carbonyl (C=O) groups excluding carboxylic acids is 2. The van der Waals surface area contributed by atoms with Crippen LogP contribution in [0.3, 0.4) is 0 Å². The molecule has 0 radical (unpaired) electrons. The quantitative estimate of drug-likeness (QED) is 0.179. The number of rotatable bonds is 4. The summed E-state index contributed by atoms with van der Waals surface area (Å²) in [6.07, 6.45) is 0. The standard InChI is InChI=1S/C39H46O4/c1-17-16-32-35(37(18(17)2)43-39(41)34-28(12)23(7)20(4)24(8)29(34)13)30(14)25(9)31(15)36(32)42-38(40)33-26(10)21(5)19(3)22(6)27(33)11/h16H,1-15H3. The molecule has 0 aliphatic heterocycles. The van der Waals surface area contributed by atoms with Crippen molar-refractivity contribution in [3.05, 3.63) is 101 Å². The van der Waals surface area contributed by atoms with Crippen molar-refractivity contribution in [2.75, 3.05) is 0 Å². The van der Waals surface area contributed by atoms with E-state index in [0.29, 0.717) is 22.6 Å². The van der Waals surface area contributed by atoms with E-state index in [1.807, 2.05) is 68.4 Å². The Balaban J connectivity index is 1.96. The van der Waals surface area contributed by atoms with Crippen LogP contribution in [0, 0.1) is 104 Å². The zero-order chi connectivity index (χ0) is 32.4. The Labute approximate surface area is 257 Å². The molecular formula is C39H46O4. The largest absolute Gasteiger partial charge is 0.422 e. The van der Waals surface area contributed by atoms with E-state index in [0.717, 1.165) is 83.1 Å². The molecule has 0 bridgehead atoms. The molecule has 0 atom stereocenters. The van der Waals surface area contributed by atoms with Gasteiger partial charge in [0, 0.05) is 10.8 Å². The minimum absolute atomic E-state index is 0.371. The number of benzene rings is 4. The SMILES string of the molecule is Cc1cc2c(OC(=O)c3c(C)c(C)c(C)c(C)c3C)c(C)c(C)c(C)c2c(OC(=O)c2c(C)c(C)c(C)c(C)c2C)c1C. The number of hydrogen-bond donors (Lipinski definition) is 0. The van der Waals surface area contributed by atoms with Crippen LogP contribution in [-0.4, -0.2) is 11.9 Å². The van der Waals surface area contributed by atoms with E-state index in [9.17, 15) is 9.59 Å². The smallest absolute Gasteiger partial charge is 0.344 e. The van der Waals surface area contributed by atoms with Crippen molar-refractivity contribution in [1.29, 1.82) is 0 Å². The predicted molar refractivity (Wildman–Crippen MR) is 178 cm³/mol. The third kappa shape index (κ3) is 4.95. The Bertz CT molecular complexity index is 1830. The number of esters is 2. The summed E-state index contributed by atoms with van der Waals surface area (Å²) >= 11 is 0. The number of aryl methyl sites for hydroxylation is 2. The first kappa shape index (κ1) is 32.0. The molecule has 0 heterocycles. The summed E-state index contributed by atoms with van der Waals surface area (Å²) in [4.78, 5) is 27.9. The van der Waals surface area contributed by atoms with Crippen LogP contribution < -0.4 is 9.47 Å². The maximum atomic E-state index is 13.9. The molecule has 226 valence electrons. The predicted octanol–water partition coefficient (Wildman–Crippen LogP) is 9.90. The van der Waals surface area contributed by atoms with Crippen molar-refractivity contribution >= 4 is 22.7 Å². The summed E-state index contributed by atoms with van der Waals surface area (Å²) in [6.45, 7) is 30.4. The molecule has 0 saturated heterocycles. The van der Waals surface area contributed by atoms with Crippen molar-refractivity contribution < 1.29 is 19.1 Å². The van der Waals surface area contributed by atoms with Gasteiger partial charge in [0.2, 0.25) is 0 Å². The highest BCUT2D eigenvalue weighted by Gasteiger charge is 2.27. The van der Waals surface area contributed by atoms with Crippen molar-refractivity contribution in [2.24, 2.45) is 0 Å². The lowest BCUT2D eigenvalue weighted by molar-refractivity contribution is 0.0722. The third-order valence-electron chi connectivity index (χ3n) is 10.7. The number of carbonyl (C=O) groups is 2. The lowest BCUT2D eigenvalue weighted by Gasteiger charge is -2.23. The summed E-state index contributed by atoms with van der Waals surface area (Å²) in [5.41, 5.74) is 16.5. The van der Waals surface area contributed by atoms with Gasteiger partial charge >= 0.3 is 11.9 Å². The van der Waals surface area contributed by atoms with Crippen molar-refractivity contribution in [3.8, 4) is 11.5 Å². The minimum atomic E-state index is -0.373. The maximum absolute atomic E-state index is 13.9. The highest BCUT2D eigenvalue weighted by Crippen LogP contribution is 2.44. The number of hydrogen-bond acceptors (Lipinski definition) is 4. The Morgan fingerprint density at radius 2 is 0.721 bits per heavy atom. The summed E-state index contributed by atoms with van der Waals surface area (Å²) in [5.74, 6) is 0.279. The molecule has 0 aliphatic rings. The van der Waals surface area contributed by atoms with E-state index >= 15 is 0 Å².